The minimum Gasteiger partial charge on any atom is -0.494 e. The molecule has 176 valence electrons. The number of halogens is 1. The standard InChI is InChI=1S/C26H32ClN3O3/c1-4-6-18-29(24(31)12-9-17-27)19(3)25-28-23-11-8-7-10-22(23)26(32)30(25)20-13-15-21(16-14-20)33-5-2/h7-8,10-11,13-16,19H,4-6,9,12,17-18H2,1-3H3. The Hall–Kier alpha value is -2.86. The summed E-state index contributed by atoms with van der Waals surface area (Å²) in [5.74, 6) is 1.74. The van der Waals surface area contributed by atoms with Crippen LogP contribution in [0, 0.1) is 0 Å². The largest absolute Gasteiger partial charge is 0.494 e. The van der Waals surface area contributed by atoms with Gasteiger partial charge in [0, 0.05) is 18.8 Å². The van der Waals surface area contributed by atoms with Gasteiger partial charge in [-0.2, -0.15) is 0 Å². The first-order chi connectivity index (χ1) is 16.0. The summed E-state index contributed by atoms with van der Waals surface area (Å²) in [5, 5.41) is 0.538. The topological polar surface area (TPSA) is 64.4 Å². The van der Waals surface area contributed by atoms with E-state index >= 15 is 0 Å². The molecule has 0 bridgehead atoms. The summed E-state index contributed by atoms with van der Waals surface area (Å²) < 4.78 is 7.18. The molecule has 0 saturated carbocycles. The number of hydrogen-bond acceptors (Lipinski definition) is 4. The molecule has 0 spiro atoms. The van der Waals surface area contributed by atoms with E-state index in [0.29, 0.717) is 54.3 Å². The van der Waals surface area contributed by atoms with E-state index in [1.165, 1.54) is 0 Å². The van der Waals surface area contributed by atoms with Crippen LogP contribution in [-0.2, 0) is 4.79 Å². The van der Waals surface area contributed by atoms with Crippen molar-refractivity contribution in [2.24, 2.45) is 0 Å². The Morgan fingerprint density at radius 3 is 2.52 bits per heavy atom. The van der Waals surface area contributed by atoms with Crippen molar-refractivity contribution in [3.63, 3.8) is 0 Å². The van der Waals surface area contributed by atoms with E-state index in [2.05, 4.69) is 6.92 Å². The normalized spacial score (nSPS) is 12.0. The van der Waals surface area contributed by atoms with Crippen LogP contribution >= 0.6 is 11.6 Å². The Morgan fingerprint density at radius 2 is 1.85 bits per heavy atom. The number of unbranched alkanes of at least 4 members (excludes halogenated alkanes) is 1. The van der Waals surface area contributed by atoms with Crippen molar-refractivity contribution >= 4 is 28.4 Å². The van der Waals surface area contributed by atoms with E-state index in [4.69, 9.17) is 21.3 Å². The number of nitrogens with zero attached hydrogens (tertiary/aromatic N) is 3. The number of alkyl halides is 1. The number of fused-ring (bicyclic) bond motifs is 1. The van der Waals surface area contributed by atoms with E-state index in [-0.39, 0.29) is 17.5 Å². The lowest BCUT2D eigenvalue weighted by Gasteiger charge is -2.30. The van der Waals surface area contributed by atoms with Crippen LogP contribution in [0.1, 0.15) is 58.3 Å². The van der Waals surface area contributed by atoms with Crippen LogP contribution in [0.3, 0.4) is 0 Å². The maximum atomic E-state index is 13.6. The van der Waals surface area contributed by atoms with Gasteiger partial charge in [0.05, 0.1) is 29.2 Å². The first kappa shape index (κ1) is 24.8. The monoisotopic (exact) mass is 469 g/mol. The van der Waals surface area contributed by atoms with Crippen molar-refractivity contribution in [3.8, 4) is 11.4 Å². The number of amides is 1. The zero-order valence-electron chi connectivity index (χ0n) is 19.6. The van der Waals surface area contributed by atoms with E-state index in [1.807, 2.05) is 61.2 Å². The minimum atomic E-state index is -0.386. The third kappa shape index (κ3) is 5.74. The molecule has 0 fully saturated rings. The number of hydrogen-bond donors (Lipinski definition) is 0. The maximum absolute atomic E-state index is 13.6. The van der Waals surface area contributed by atoms with Crippen LogP contribution in [0.25, 0.3) is 16.6 Å². The molecule has 7 heteroatoms. The number of aromatic nitrogens is 2. The Bertz CT molecular complexity index is 1130. The molecule has 0 radical (unpaired) electrons. The Balaban J connectivity index is 2.15. The number of benzene rings is 2. The van der Waals surface area contributed by atoms with Crippen LogP contribution in [0.4, 0.5) is 0 Å². The second kappa shape index (κ2) is 11.8. The van der Waals surface area contributed by atoms with E-state index in [9.17, 15) is 9.59 Å². The van der Waals surface area contributed by atoms with E-state index in [1.54, 1.807) is 10.6 Å². The summed E-state index contributed by atoms with van der Waals surface area (Å²) >= 11 is 5.84. The molecular formula is C26H32ClN3O3. The maximum Gasteiger partial charge on any atom is 0.266 e. The summed E-state index contributed by atoms with van der Waals surface area (Å²) in [7, 11) is 0. The molecule has 33 heavy (non-hydrogen) atoms. The van der Waals surface area contributed by atoms with E-state index < -0.39 is 0 Å². The van der Waals surface area contributed by atoms with Gasteiger partial charge in [-0.05, 0) is 63.1 Å². The van der Waals surface area contributed by atoms with E-state index in [0.717, 1.165) is 18.6 Å². The smallest absolute Gasteiger partial charge is 0.266 e. The molecule has 1 amide bonds. The average molecular weight is 470 g/mol. The van der Waals surface area contributed by atoms with Crippen molar-refractivity contribution in [3.05, 3.63) is 64.7 Å². The van der Waals surface area contributed by atoms with Crippen molar-refractivity contribution in [2.75, 3.05) is 19.0 Å². The molecule has 0 aliphatic rings. The zero-order chi connectivity index (χ0) is 23.8. The minimum absolute atomic E-state index is 0.0252. The lowest BCUT2D eigenvalue weighted by Crippen LogP contribution is -2.38. The highest BCUT2D eigenvalue weighted by molar-refractivity contribution is 6.17. The molecule has 6 nitrogen and oxygen atoms in total. The van der Waals surface area contributed by atoms with Gasteiger partial charge >= 0.3 is 0 Å². The van der Waals surface area contributed by atoms with Gasteiger partial charge in [-0.25, -0.2) is 4.98 Å². The van der Waals surface area contributed by atoms with Gasteiger partial charge in [0.25, 0.3) is 5.56 Å². The zero-order valence-corrected chi connectivity index (χ0v) is 20.3. The molecular weight excluding hydrogens is 438 g/mol. The summed E-state index contributed by atoms with van der Waals surface area (Å²) in [6.07, 6.45) is 2.83. The summed E-state index contributed by atoms with van der Waals surface area (Å²) in [6, 6.07) is 14.3. The SMILES string of the molecule is CCCCN(C(=O)CCCCl)C(C)c1nc2ccccc2c(=O)n1-c1ccc(OCC)cc1. The average Bonchev–Trinajstić information content (AvgIpc) is 2.83. The Labute approximate surface area is 200 Å². The number of carbonyl (C=O) groups is 1. The van der Waals surface area contributed by atoms with Gasteiger partial charge in [-0.3, -0.25) is 14.2 Å². The summed E-state index contributed by atoms with van der Waals surface area (Å²) in [5.41, 5.74) is 1.15. The van der Waals surface area contributed by atoms with Gasteiger partial charge in [0.1, 0.15) is 11.6 Å². The number of para-hydroxylation sites is 1. The molecule has 1 aromatic heterocycles. The fourth-order valence-corrected chi connectivity index (χ4v) is 4.04. The molecule has 1 unspecified atom stereocenters. The highest BCUT2D eigenvalue weighted by Gasteiger charge is 2.26. The number of carbonyl (C=O) groups excluding carboxylic acids is 1. The number of ether oxygens (including phenoxy) is 1. The molecule has 0 aliphatic heterocycles. The first-order valence-corrected chi connectivity index (χ1v) is 12.2. The predicted molar refractivity (Wildman–Crippen MR) is 133 cm³/mol. The predicted octanol–water partition coefficient (Wildman–Crippen LogP) is 5.49. The lowest BCUT2D eigenvalue weighted by molar-refractivity contribution is -0.133. The molecule has 1 heterocycles. The molecule has 3 aromatic rings. The van der Waals surface area contributed by atoms with Gasteiger partial charge in [0.15, 0.2) is 0 Å². The van der Waals surface area contributed by atoms with Crippen LogP contribution in [0.5, 0.6) is 5.75 Å². The highest BCUT2D eigenvalue weighted by atomic mass is 35.5. The molecule has 0 N–H and O–H groups in total. The second-order valence-electron chi connectivity index (χ2n) is 7.96. The third-order valence-electron chi connectivity index (χ3n) is 5.65. The molecule has 0 saturated heterocycles. The molecule has 1 atom stereocenters. The Kier molecular flexibility index (Phi) is 8.89. The van der Waals surface area contributed by atoms with Gasteiger partial charge in [-0.15, -0.1) is 11.6 Å². The highest BCUT2D eigenvalue weighted by Crippen LogP contribution is 2.25. The van der Waals surface area contributed by atoms with Crippen LogP contribution in [-0.4, -0.2) is 39.4 Å². The summed E-state index contributed by atoms with van der Waals surface area (Å²) in [4.78, 5) is 33.4. The third-order valence-corrected chi connectivity index (χ3v) is 5.91. The van der Waals surface area contributed by atoms with Gasteiger partial charge in [-0.1, -0.05) is 25.5 Å². The molecule has 0 aliphatic carbocycles. The fraction of sp³-hybridized carbons (Fsp3) is 0.423. The van der Waals surface area contributed by atoms with Crippen LogP contribution < -0.4 is 10.3 Å². The van der Waals surface area contributed by atoms with Crippen LogP contribution in [0.2, 0.25) is 0 Å². The van der Waals surface area contributed by atoms with Crippen molar-refractivity contribution in [1.82, 2.24) is 14.5 Å². The quantitative estimate of drug-likeness (QED) is 0.348. The molecule has 3 rings (SSSR count). The van der Waals surface area contributed by atoms with Crippen molar-refractivity contribution < 1.29 is 9.53 Å². The number of rotatable bonds is 11. The van der Waals surface area contributed by atoms with Crippen molar-refractivity contribution in [2.45, 2.75) is 52.5 Å². The van der Waals surface area contributed by atoms with Gasteiger partial charge < -0.3 is 9.64 Å². The lowest BCUT2D eigenvalue weighted by atomic mass is 10.1. The van der Waals surface area contributed by atoms with Gasteiger partial charge in [0.2, 0.25) is 5.91 Å². The van der Waals surface area contributed by atoms with Crippen LogP contribution in [0.15, 0.2) is 53.3 Å². The second-order valence-corrected chi connectivity index (χ2v) is 8.34. The Morgan fingerprint density at radius 1 is 1.12 bits per heavy atom. The molecule has 2 aromatic carbocycles. The first-order valence-electron chi connectivity index (χ1n) is 11.6. The fourth-order valence-electron chi connectivity index (χ4n) is 3.90. The van der Waals surface area contributed by atoms with Crippen molar-refractivity contribution in [1.29, 1.82) is 0 Å². The summed E-state index contributed by atoms with van der Waals surface area (Å²) in [6.45, 7) is 7.13.